The summed E-state index contributed by atoms with van der Waals surface area (Å²) in [6.45, 7) is 0. The topological polar surface area (TPSA) is 59.1 Å². The molecule has 0 unspecified atom stereocenters. The average molecular weight is 214 g/mol. The molecule has 0 aliphatic heterocycles. The fraction of sp³-hybridized carbons (Fsp3) is 0.154. The van der Waals surface area contributed by atoms with Crippen molar-refractivity contribution in [3.05, 3.63) is 42.0 Å². The van der Waals surface area contributed by atoms with Gasteiger partial charge in [-0.15, -0.1) is 0 Å². The summed E-state index contributed by atoms with van der Waals surface area (Å²) in [5.41, 5.74) is 6.50. The second-order valence-corrected chi connectivity index (χ2v) is 3.67. The smallest absolute Gasteiger partial charge is 0.126 e. The highest BCUT2D eigenvalue weighted by atomic mass is 16.5. The minimum Gasteiger partial charge on any atom is -0.496 e. The van der Waals surface area contributed by atoms with Crippen LogP contribution in [0.3, 0.4) is 0 Å². The first kappa shape index (κ1) is 10.5. The number of hydrogen-bond acceptors (Lipinski definition) is 2. The lowest BCUT2D eigenvalue weighted by molar-refractivity contribution is 0.420. The zero-order valence-corrected chi connectivity index (χ0v) is 9.16. The van der Waals surface area contributed by atoms with Crippen molar-refractivity contribution in [3.63, 3.8) is 0 Å². The van der Waals surface area contributed by atoms with Gasteiger partial charge in [-0.1, -0.05) is 30.3 Å². The van der Waals surface area contributed by atoms with Crippen LogP contribution in [0.15, 0.2) is 36.4 Å². The van der Waals surface area contributed by atoms with Gasteiger partial charge in [0.05, 0.1) is 12.9 Å². The minimum atomic E-state index is 0.176. The zero-order valence-electron chi connectivity index (χ0n) is 9.16. The Kier molecular flexibility index (Phi) is 2.77. The fourth-order valence-electron chi connectivity index (χ4n) is 1.87. The predicted molar refractivity (Wildman–Crippen MR) is 66.1 cm³/mol. The maximum absolute atomic E-state index is 7.35. The van der Waals surface area contributed by atoms with Crippen molar-refractivity contribution in [2.75, 3.05) is 7.11 Å². The molecule has 2 aromatic carbocycles. The first-order chi connectivity index (χ1) is 7.72. The molecule has 0 saturated carbocycles. The van der Waals surface area contributed by atoms with Gasteiger partial charge in [0.15, 0.2) is 0 Å². The van der Waals surface area contributed by atoms with Crippen molar-refractivity contribution in [1.29, 1.82) is 5.41 Å². The zero-order chi connectivity index (χ0) is 11.5. The summed E-state index contributed by atoms with van der Waals surface area (Å²) in [5, 5.41) is 9.51. The van der Waals surface area contributed by atoms with Crippen molar-refractivity contribution in [2.24, 2.45) is 5.73 Å². The molecule has 0 aliphatic rings. The molecular formula is C13H14N2O. The highest BCUT2D eigenvalue weighted by Gasteiger charge is 2.06. The Morgan fingerprint density at radius 1 is 1.19 bits per heavy atom. The van der Waals surface area contributed by atoms with Crippen LogP contribution in [-0.4, -0.2) is 12.9 Å². The van der Waals surface area contributed by atoms with Gasteiger partial charge in [-0.3, -0.25) is 5.41 Å². The molecular weight excluding hydrogens is 200 g/mol. The van der Waals surface area contributed by atoms with Crippen LogP contribution in [0.5, 0.6) is 5.75 Å². The summed E-state index contributed by atoms with van der Waals surface area (Å²) >= 11 is 0. The number of nitrogens with one attached hydrogen (secondary N) is 1. The lowest BCUT2D eigenvalue weighted by atomic mass is 10.0. The van der Waals surface area contributed by atoms with E-state index in [1.165, 1.54) is 0 Å². The Hall–Kier alpha value is -2.03. The van der Waals surface area contributed by atoms with Crippen LogP contribution >= 0.6 is 0 Å². The van der Waals surface area contributed by atoms with E-state index >= 15 is 0 Å². The van der Waals surface area contributed by atoms with Crippen LogP contribution in [0.1, 0.15) is 5.56 Å². The molecule has 0 aromatic heterocycles. The van der Waals surface area contributed by atoms with Gasteiger partial charge in [0.1, 0.15) is 5.75 Å². The van der Waals surface area contributed by atoms with Gasteiger partial charge in [0.2, 0.25) is 0 Å². The third kappa shape index (κ3) is 1.84. The summed E-state index contributed by atoms with van der Waals surface area (Å²) in [4.78, 5) is 0. The molecule has 0 saturated heterocycles. The van der Waals surface area contributed by atoms with Gasteiger partial charge in [-0.2, -0.15) is 0 Å². The van der Waals surface area contributed by atoms with Gasteiger partial charge >= 0.3 is 0 Å². The number of hydrogen-bond donors (Lipinski definition) is 2. The van der Waals surface area contributed by atoms with Crippen LogP contribution in [0.2, 0.25) is 0 Å². The first-order valence-electron chi connectivity index (χ1n) is 5.10. The van der Waals surface area contributed by atoms with Crippen LogP contribution < -0.4 is 10.5 Å². The standard InChI is InChI=1S/C13H14N2O/c1-16-12-7-6-9(8-13(14)15)10-4-2-3-5-11(10)12/h2-7H,8H2,1H3,(H3,14,15). The molecule has 0 aliphatic carbocycles. The third-order valence-corrected chi connectivity index (χ3v) is 2.58. The molecule has 0 atom stereocenters. The van der Waals surface area contributed by atoms with E-state index in [4.69, 9.17) is 15.9 Å². The molecule has 3 nitrogen and oxygen atoms in total. The van der Waals surface area contributed by atoms with E-state index in [1.54, 1.807) is 7.11 Å². The maximum atomic E-state index is 7.35. The first-order valence-corrected chi connectivity index (χ1v) is 5.10. The van der Waals surface area contributed by atoms with Gasteiger partial charge < -0.3 is 10.5 Å². The molecule has 0 amide bonds. The van der Waals surface area contributed by atoms with Crippen LogP contribution in [-0.2, 0) is 6.42 Å². The van der Waals surface area contributed by atoms with E-state index in [0.29, 0.717) is 6.42 Å². The van der Waals surface area contributed by atoms with Gasteiger partial charge in [0.25, 0.3) is 0 Å². The molecule has 0 radical (unpaired) electrons. The number of methoxy groups -OCH3 is 1. The summed E-state index contributed by atoms with van der Waals surface area (Å²) in [5.74, 6) is 1.03. The molecule has 0 spiro atoms. The molecule has 0 fully saturated rings. The van der Waals surface area contributed by atoms with Crippen LogP contribution in [0.4, 0.5) is 0 Å². The summed E-state index contributed by atoms with van der Waals surface area (Å²) in [6.07, 6.45) is 0.477. The Balaban J connectivity index is 2.64. The van der Waals surface area contributed by atoms with Gasteiger partial charge in [-0.25, -0.2) is 0 Å². The molecule has 0 heterocycles. The van der Waals surface area contributed by atoms with Crippen LogP contribution in [0.25, 0.3) is 10.8 Å². The molecule has 2 aromatic rings. The number of nitrogens with two attached hydrogens (primary N) is 1. The summed E-state index contributed by atoms with van der Waals surface area (Å²) in [7, 11) is 1.66. The van der Waals surface area contributed by atoms with E-state index < -0.39 is 0 Å². The number of amidine groups is 1. The predicted octanol–water partition coefficient (Wildman–Crippen LogP) is 2.33. The maximum Gasteiger partial charge on any atom is 0.126 e. The Labute approximate surface area is 94.3 Å². The lowest BCUT2D eigenvalue weighted by Crippen LogP contribution is -2.12. The highest BCUT2D eigenvalue weighted by molar-refractivity contribution is 5.94. The number of benzene rings is 2. The Morgan fingerprint density at radius 3 is 2.50 bits per heavy atom. The number of rotatable bonds is 3. The van der Waals surface area contributed by atoms with Crippen molar-refractivity contribution >= 4 is 16.6 Å². The molecule has 3 heteroatoms. The largest absolute Gasteiger partial charge is 0.496 e. The molecule has 2 rings (SSSR count). The SMILES string of the molecule is COc1ccc(CC(=N)N)c2ccccc12. The van der Waals surface area contributed by atoms with Gasteiger partial charge in [0, 0.05) is 11.8 Å². The summed E-state index contributed by atoms with van der Waals surface area (Å²) in [6, 6.07) is 11.9. The molecule has 16 heavy (non-hydrogen) atoms. The monoisotopic (exact) mass is 214 g/mol. The second kappa shape index (κ2) is 4.23. The van der Waals surface area contributed by atoms with Crippen molar-refractivity contribution in [3.8, 4) is 5.75 Å². The Morgan fingerprint density at radius 2 is 1.88 bits per heavy atom. The van der Waals surface area contributed by atoms with E-state index in [-0.39, 0.29) is 5.84 Å². The molecule has 0 bridgehead atoms. The highest BCUT2D eigenvalue weighted by Crippen LogP contribution is 2.28. The minimum absolute atomic E-state index is 0.176. The van der Waals surface area contributed by atoms with Crippen molar-refractivity contribution in [1.82, 2.24) is 0 Å². The van der Waals surface area contributed by atoms with E-state index in [2.05, 4.69) is 0 Å². The molecule has 3 N–H and O–H groups in total. The van der Waals surface area contributed by atoms with Crippen molar-refractivity contribution in [2.45, 2.75) is 6.42 Å². The van der Waals surface area contributed by atoms with Gasteiger partial charge in [-0.05, 0) is 17.0 Å². The lowest BCUT2D eigenvalue weighted by Gasteiger charge is -2.09. The number of fused-ring (bicyclic) bond motifs is 1. The van der Waals surface area contributed by atoms with E-state index in [1.807, 2.05) is 36.4 Å². The van der Waals surface area contributed by atoms with Crippen molar-refractivity contribution < 1.29 is 4.74 Å². The van der Waals surface area contributed by atoms with E-state index in [9.17, 15) is 0 Å². The summed E-state index contributed by atoms with van der Waals surface area (Å²) < 4.78 is 5.30. The number of ether oxygens (including phenoxy) is 1. The Bertz CT molecular complexity index is 534. The van der Waals surface area contributed by atoms with E-state index in [0.717, 1.165) is 22.1 Å². The van der Waals surface area contributed by atoms with Crippen LogP contribution in [0, 0.1) is 5.41 Å². The quantitative estimate of drug-likeness (QED) is 0.608. The normalized spacial score (nSPS) is 10.3. The average Bonchev–Trinajstić information content (AvgIpc) is 2.29. The molecule has 82 valence electrons. The third-order valence-electron chi connectivity index (χ3n) is 2.58. The fourth-order valence-corrected chi connectivity index (χ4v) is 1.87. The second-order valence-electron chi connectivity index (χ2n) is 3.67.